The molecule has 1 aliphatic rings. The molecule has 0 aromatic rings. The first-order chi connectivity index (χ1) is 6.20. The lowest BCUT2D eigenvalue weighted by molar-refractivity contribution is -0.125. The number of nitrogens with two attached hydrogens (primary N) is 1. The van der Waals surface area contributed by atoms with Crippen LogP contribution in [-0.4, -0.2) is 41.2 Å². The van der Waals surface area contributed by atoms with Crippen molar-refractivity contribution in [1.82, 2.24) is 5.32 Å². The number of hydrogen-bond donors (Lipinski definition) is 3. The molecular weight excluding hydrogens is 188 g/mol. The molecule has 1 atom stereocenters. The van der Waals surface area contributed by atoms with E-state index >= 15 is 0 Å². The topological polar surface area (TPSA) is 75.4 Å². The van der Waals surface area contributed by atoms with E-state index in [1.165, 1.54) is 0 Å². The van der Waals surface area contributed by atoms with E-state index in [9.17, 15) is 4.79 Å². The first-order valence-corrected chi connectivity index (χ1v) is 5.64. The van der Waals surface area contributed by atoms with Crippen LogP contribution in [0.2, 0.25) is 0 Å². The molecule has 4 N–H and O–H groups in total. The van der Waals surface area contributed by atoms with E-state index in [0.29, 0.717) is 6.04 Å². The molecule has 4 nitrogen and oxygen atoms in total. The van der Waals surface area contributed by atoms with Crippen LogP contribution in [0.4, 0.5) is 0 Å². The van der Waals surface area contributed by atoms with Gasteiger partial charge in [0.15, 0.2) is 0 Å². The number of aliphatic hydroxyl groups is 1. The van der Waals surface area contributed by atoms with Gasteiger partial charge >= 0.3 is 0 Å². The third kappa shape index (κ3) is 3.97. The SMILES string of the molecule is NC(=O)C(O)CNC1CCSCC1. The Balaban J connectivity index is 2.13. The van der Waals surface area contributed by atoms with E-state index in [0.717, 1.165) is 24.3 Å². The van der Waals surface area contributed by atoms with Crippen LogP contribution >= 0.6 is 11.8 Å². The Morgan fingerprint density at radius 3 is 2.77 bits per heavy atom. The minimum Gasteiger partial charge on any atom is -0.382 e. The van der Waals surface area contributed by atoms with Gasteiger partial charge in [-0.05, 0) is 24.3 Å². The Bertz CT molecular complexity index is 172. The molecule has 5 heteroatoms. The van der Waals surface area contributed by atoms with Crippen molar-refractivity contribution < 1.29 is 9.90 Å². The molecule has 1 fully saturated rings. The molecule has 1 amide bonds. The second-order valence-corrected chi connectivity index (χ2v) is 4.44. The third-order valence-electron chi connectivity index (χ3n) is 2.15. The Labute approximate surface area is 82.3 Å². The Hall–Kier alpha value is -0.260. The first-order valence-electron chi connectivity index (χ1n) is 4.48. The number of carbonyl (C=O) groups is 1. The summed E-state index contributed by atoms with van der Waals surface area (Å²) in [6, 6.07) is 0.440. The lowest BCUT2D eigenvalue weighted by Gasteiger charge is -2.23. The molecule has 0 aliphatic carbocycles. The van der Waals surface area contributed by atoms with Crippen LogP contribution in [0, 0.1) is 0 Å². The highest BCUT2D eigenvalue weighted by Crippen LogP contribution is 2.16. The van der Waals surface area contributed by atoms with Gasteiger partial charge in [0, 0.05) is 12.6 Å². The van der Waals surface area contributed by atoms with Gasteiger partial charge in [0.2, 0.25) is 5.91 Å². The summed E-state index contributed by atoms with van der Waals surface area (Å²) in [6.07, 6.45) is 1.17. The fourth-order valence-corrected chi connectivity index (χ4v) is 2.39. The van der Waals surface area contributed by atoms with Crippen molar-refractivity contribution in [2.45, 2.75) is 25.0 Å². The van der Waals surface area contributed by atoms with Crippen LogP contribution in [0.5, 0.6) is 0 Å². The molecule has 0 aromatic heterocycles. The number of nitrogens with one attached hydrogen (secondary N) is 1. The quantitative estimate of drug-likeness (QED) is 0.567. The predicted octanol–water partition coefficient (Wildman–Crippen LogP) is -0.682. The van der Waals surface area contributed by atoms with Crippen LogP contribution in [0.15, 0.2) is 0 Å². The molecule has 0 radical (unpaired) electrons. The Kier molecular flexibility index (Phi) is 4.55. The smallest absolute Gasteiger partial charge is 0.247 e. The lowest BCUT2D eigenvalue weighted by atomic mass is 10.1. The highest BCUT2D eigenvalue weighted by molar-refractivity contribution is 7.99. The minimum absolute atomic E-state index is 0.282. The maximum Gasteiger partial charge on any atom is 0.247 e. The van der Waals surface area contributed by atoms with E-state index in [2.05, 4.69) is 5.32 Å². The lowest BCUT2D eigenvalue weighted by Crippen LogP contribution is -2.42. The van der Waals surface area contributed by atoms with Crippen LogP contribution in [0.25, 0.3) is 0 Å². The number of amides is 1. The molecule has 0 saturated carbocycles. The summed E-state index contributed by atoms with van der Waals surface area (Å²) < 4.78 is 0. The zero-order valence-corrected chi connectivity index (χ0v) is 8.35. The summed E-state index contributed by atoms with van der Waals surface area (Å²) in [5.74, 6) is 1.66. The number of primary amides is 1. The molecule has 0 bridgehead atoms. The van der Waals surface area contributed by atoms with E-state index in [1.807, 2.05) is 11.8 Å². The number of hydrogen-bond acceptors (Lipinski definition) is 4. The molecule has 0 aromatic carbocycles. The second kappa shape index (κ2) is 5.47. The number of carbonyl (C=O) groups excluding carboxylic acids is 1. The van der Waals surface area contributed by atoms with Crippen LogP contribution in [-0.2, 0) is 4.79 Å². The van der Waals surface area contributed by atoms with Crippen LogP contribution in [0.3, 0.4) is 0 Å². The zero-order chi connectivity index (χ0) is 9.68. The van der Waals surface area contributed by atoms with E-state index in [1.54, 1.807) is 0 Å². The monoisotopic (exact) mass is 204 g/mol. The molecule has 13 heavy (non-hydrogen) atoms. The fraction of sp³-hybridized carbons (Fsp3) is 0.875. The molecule has 1 saturated heterocycles. The second-order valence-electron chi connectivity index (χ2n) is 3.21. The average Bonchev–Trinajstić information content (AvgIpc) is 2.15. The first kappa shape index (κ1) is 10.8. The maximum absolute atomic E-state index is 10.5. The Morgan fingerprint density at radius 1 is 1.62 bits per heavy atom. The van der Waals surface area contributed by atoms with Gasteiger partial charge in [0.05, 0.1) is 0 Å². The molecular formula is C8H16N2O2S. The van der Waals surface area contributed by atoms with E-state index in [4.69, 9.17) is 10.8 Å². The molecule has 1 heterocycles. The van der Waals surface area contributed by atoms with Gasteiger partial charge < -0.3 is 16.2 Å². The predicted molar refractivity (Wildman–Crippen MR) is 53.6 cm³/mol. The normalized spacial score (nSPS) is 21.3. The summed E-state index contributed by atoms with van der Waals surface area (Å²) >= 11 is 1.95. The van der Waals surface area contributed by atoms with Gasteiger partial charge in [0.1, 0.15) is 6.10 Å². The molecule has 1 rings (SSSR count). The van der Waals surface area contributed by atoms with E-state index < -0.39 is 12.0 Å². The minimum atomic E-state index is -1.05. The van der Waals surface area contributed by atoms with Crippen LogP contribution in [0.1, 0.15) is 12.8 Å². The van der Waals surface area contributed by atoms with Crippen molar-refractivity contribution >= 4 is 17.7 Å². The summed E-state index contributed by atoms with van der Waals surface area (Å²) in [6.45, 7) is 0.282. The molecule has 0 spiro atoms. The van der Waals surface area contributed by atoms with Crippen molar-refractivity contribution in [1.29, 1.82) is 0 Å². The van der Waals surface area contributed by atoms with Gasteiger partial charge in [0.25, 0.3) is 0 Å². The summed E-state index contributed by atoms with van der Waals surface area (Å²) in [5.41, 5.74) is 4.92. The largest absolute Gasteiger partial charge is 0.382 e. The van der Waals surface area contributed by atoms with E-state index in [-0.39, 0.29) is 6.54 Å². The van der Waals surface area contributed by atoms with Crippen LogP contribution < -0.4 is 11.1 Å². The zero-order valence-electron chi connectivity index (χ0n) is 7.53. The van der Waals surface area contributed by atoms with Crippen molar-refractivity contribution in [3.63, 3.8) is 0 Å². The Morgan fingerprint density at radius 2 is 2.23 bits per heavy atom. The molecule has 1 unspecified atom stereocenters. The summed E-state index contributed by atoms with van der Waals surface area (Å²) in [7, 11) is 0. The summed E-state index contributed by atoms with van der Waals surface area (Å²) in [4.78, 5) is 10.5. The highest BCUT2D eigenvalue weighted by Gasteiger charge is 2.16. The van der Waals surface area contributed by atoms with Gasteiger partial charge in [-0.15, -0.1) is 0 Å². The molecule has 76 valence electrons. The molecule has 1 aliphatic heterocycles. The van der Waals surface area contributed by atoms with Gasteiger partial charge in [-0.1, -0.05) is 0 Å². The fourth-order valence-electron chi connectivity index (χ4n) is 1.28. The average molecular weight is 204 g/mol. The van der Waals surface area contributed by atoms with Crippen molar-refractivity contribution in [3.8, 4) is 0 Å². The third-order valence-corrected chi connectivity index (χ3v) is 3.20. The van der Waals surface area contributed by atoms with Gasteiger partial charge in [-0.3, -0.25) is 4.79 Å². The van der Waals surface area contributed by atoms with Crippen molar-refractivity contribution in [2.24, 2.45) is 5.73 Å². The number of rotatable bonds is 4. The van der Waals surface area contributed by atoms with Crippen molar-refractivity contribution in [3.05, 3.63) is 0 Å². The number of aliphatic hydroxyl groups excluding tert-OH is 1. The highest BCUT2D eigenvalue weighted by atomic mass is 32.2. The van der Waals surface area contributed by atoms with Gasteiger partial charge in [-0.2, -0.15) is 11.8 Å². The van der Waals surface area contributed by atoms with Crippen molar-refractivity contribution in [2.75, 3.05) is 18.1 Å². The van der Waals surface area contributed by atoms with Gasteiger partial charge in [-0.25, -0.2) is 0 Å². The maximum atomic E-state index is 10.5. The summed E-state index contributed by atoms with van der Waals surface area (Å²) in [5, 5.41) is 12.3. The number of thioether (sulfide) groups is 1. The standard InChI is InChI=1S/C8H16N2O2S/c9-8(12)7(11)5-10-6-1-3-13-4-2-6/h6-7,10-11H,1-5H2,(H2,9,12).